The molecule has 10 nitrogen and oxygen atoms in total. The summed E-state index contributed by atoms with van der Waals surface area (Å²) in [5, 5.41) is 50.2. The zero-order valence-corrected chi connectivity index (χ0v) is 17.3. The Labute approximate surface area is 183 Å². The number of aliphatic hydroxyl groups is 3. The third-order valence-corrected chi connectivity index (χ3v) is 5.60. The average Bonchev–Trinajstić information content (AvgIpc) is 2.75. The predicted octanol–water partition coefficient (Wildman–Crippen LogP) is 1.02. The van der Waals surface area contributed by atoms with Crippen molar-refractivity contribution in [3.8, 4) is 28.7 Å². The Morgan fingerprint density at radius 1 is 1.00 bits per heavy atom. The number of hydrogen-bond donors (Lipinski definition) is 5. The number of ether oxygens (including phenoxy) is 4. The molecule has 2 heterocycles. The Kier molecular flexibility index (Phi) is 5.87. The Hall–Kier alpha value is -3.05. The Balaban J connectivity index is 1.63. The lowest BCUT2D eigenvalue weighted by Gasteiger charge is -2.39. The highest BCUT2D eigenvalue weighted by atomic mass is 16.7. The molecule has 0 amide bonds. The molecule has 5 N–H and O–H groups in total. The van der Waals surface area contributed by atoms with Crippen LogP contribution in [0, 0.1) is 0 Å². The predicted molar refractivity (Wildman–Crippen MR) is 108 cm³/mol. The van der Waals surface area contributed by atoms with Crippen LogP contribution in [-0.2, 0) is 4.74 Å². The number of Topliss-reactive ketones (excluding diaryl/α,β-unsaturated/α-hetero) is 1. The molecule has 1 fully saturated rings. The quantitative estimate of drug-likeness (QED) is 0.458. The number of aromatic hydroxyl groups is 2. The van der Waals surface area contributed by atoms with Gasteiger partial charge in [-0.05, 0) is 24.6 Å². The molecule has 1 saturated heterocycles. The highest BCUT2D eigenvalue weighted by Crippen LogP contribution is 2.44. The first kappa shape index (κ1) is 22.2. The molecular weight excluding hydrogens is 424 g/mol. The summed E-state index contributed by atoms with van der Waals surface area (Å²) in [6, 6.07) is 7.07. The van der Waals surface area contributed by atoms with E-state index in [1.807, 2.05) is 0 Å². The number of aliphatic hydroxyl groups excluding tert-OH is 3. The Morgan fingerprint density at radius 3 is 2.44 bits per heavy atom. The maximum absolute atomic E-state index is 13.0. The molecule has 0 saturated carbocycles. The molecule has 3 unspecified atom stereocenters. The molecule has 0 aromatic heterocycles. The number of methoxy groups -OCH3 is 1. The topological polar surface area (TPSA) is 155 Å². The molecule has 10 heteroatoms. The standard InChI is InChI=1S/C22H24O10/c1-9-19(26)20(27)21(28)22(30-9)32-17-7-11(23)6-16-18(17)13(25)8-15(31-16)10-3-4-14(29-2)12(24)5-10/h3-7,9,15,19-24,26-28H,8H2,1-2H3/t9?,15?,19-,20-,21?,22-/m0/s1. The fraction of sp³-hybridized carbons (Fsp3) is 0.409. The van der Waals surface area contributed by atoms with Crippen molar-refractivity contribution in [1.29, 1.82) is 0 Å². The molecular formula is C22H24O10. The summed E-state index contributed by atoms with van der Waals surface area (Å²) in [6.07, 6.45) is -7.45. The molecule has 0 aliphatic carbocycles. The molecule has 0 spiro atoms. The summed E-state index contributed by atoms with van der Waals surface area (Å²) >= 11 is 0. The zero-order valence-electron chi connectivity index (χ0n) is 17.3. The summed E-state index contributed by atoms with van der Waals surface area (Å²) in [5.41, 5.74) is 0.575. The van der Waals surface area contributed by atoms with E-state index >= 15 is 0 Å². The van der Waals surface area contributed by atoms with Gasteiger partial charge in [0, 0.05) is 12.1 Å². The molecule has 32 heavy (non-hydrogen) atoms. The first-order chi connectivity index (χ1) is 15.2. The van der Waals surface area contributed by atoms with Crippen molar-refractivity contribution in [3.63, 3.8) is 0 Å². The minimum Gasteiger partial charge on any atom is -0.508 e. The maximum Gasteiger partial charge on any atom is 0.229 e. The van der Waals surface area contributed by atoms with Crippen LogP contribution in [0.15, 0.2) is 30.3 Å². The normalized spacial score (nSPS) is 29.7. The average molecular weight is 448 g/mol. The smallest absolute Gasteiger partial charge is 0.229 e. The number of rotatable bonds is 4. The molecule has 0 bridgehead atoms. The fourth-order valence-corrected chi connectivity index (χ4v) is 3.83. The number of fused-ring (bicyclic) bond motifs is 1. The third kappa shape index (κ3) is 3.93. The molecule has 2 aromatic carbocycles. The molecule has 2 aliphatic rings. The lowest BCUT2D eigenvalue weighted by molar-refractivity contribution is -0.268. The summed E-state index contributed by atoms with van der Waals surface area (Å²) in [5.74, 6) is -0.497. The Bertz CT molecular complexity index is 1020. The van der Waals surface area contributed by atoms with Crippen molar-refractivity contribution in [3.05, 3.63) is 41.5 Å². The van der Waals surface area contributed by atoms with Gasteiger partial charge in [0.15, 0.2) is 17.3 Å². The van der Waals surface area contributed by atoms with Crippen LogP contribution in [-0.4, -0.2) is 69.1 Å². The van der Waals surface area contributed by atoms with Crippen molar-refractivity contribution < 1.29 is 49.3 Å². The molecule has 172 valence electrons. The maximum atomic E-state index is 13.0. The number of carbonyl (C=O) groups excluding carboxylic acids is 1. The highest BCUT2D eigenvalue weighted by Gasteiger charge is 2.44. The number of ketones is 1. The lowest BCUT2D eigenvalue weighted by atomic mass is 9.95. The van der Waals surface area contributed by atoms with Crippen LogP contribution in [0.4, 0.5) is 0 Å². The summed E-state index contributed by atoms with van der Waals surface area (Å²) < 4.78 is 22.0. The van der Waals surface area contributed by atoms with Crippen LogP contribution in [0.3, 0.4) is 0 Å². The van der Waals surface area contributed by atoms with Crippen molar-refractivity contribution in [2.75, 3.05) is 7.11 Å². The van der Waals surface area contributed by atoms with Gasteiger partial charge in [-0.1, -0.05) is 6.07 Å². The van der Waals surface area contributed by atoms with Crippen molar-refractivity contribution in [1.82, 2.24) is 0 Å². The number of phenolic OH excluding ortho intramolecular Hbond substituents is 2. The van der Waals surface area contributed by atoms with Crippen LogP contribution in [0.1, 0.15) is 35.4 Å². The van der Waals surface area contributed by atoms with E-state index in [-0.39, 0.29) is 46.5 Å². The van der Waals surface area contributed by atoms with Crippen LogP contribution >= 0.6 is 0 Å². The minimum atomic E-state index is -1.59. The summed E-state index contributed by atoms with van der Waals surface area (Å²) in [6.45, 7) is 1.50. The zero-order chi connectivity index (χ0) is 23.2. The van der Waals surface area contributed by atoms with Crippen molar-refractivity contribution in [2.45, 2.75) is 50.2 Å². The summed E-state index contributed by atoms with van der Waals surface area (Å²) in [4.78, 5) is 13.0. The number of hydrogen-bond acceptors (Lipinski definition) is 10. The van der Waals surface area contributed by atoms with E-state index in [0.717, 1.165) is 0 Å². The van der Waals surface area contributed by atoms with Gasteiger partial charge in [0.1, 0.15) is 47.2 Å². The van der Waals surface area contributed by atoms with E-state index < -0.39 is 36.8 Å². The van der Waals surface area contributed by atoms with Gasteiger partial charge in [0.25, 0.3) is 0 Å². The van der Waals surface area contributed by atoms with Crippen LogP contribution in [0.5, 0.6) is 28.7 Å². The van der Waals surface area contributed by atoms with E-state index in [9.17, 15) is 30.3 Å². The van der Waals surface area contributed by atoms with Gasteiger partial charge < -0.3 is 44.5 Å². The second kappa shape index (κ2) is 8.47. The number of phenols is 2. The van der Waals surface area contributed by atoms with Crippen molar-refractivity contribution >= 4 is 5.78 Å². The fourth-order valence-electron chi connectivity index (χ4n) is 3.83. The van der Waals surface area contributed by atoms with Gasteiger partial charge in [0.05, 0.1) is 19.6 Å². The molecule has 0 radical (unpaired) electrons. The van der Waals surface area contributed by atoms with Gasteiger partial charge in [-0.25, -0.2) is 0 Å². The molecule has 2 aliphatic heterocycles. The third-order valence-electron chi connectivity index (χ3n) is 5.60. The number of carbonyl (C=O) groups is 1. The highest BCUT2D eigenvalue weighted by molar-refractivity contribution is 6.02. The molecule has 6 atom stereocenters. The van der Waals surface area contributed by atoms with Gasteiger partial charge in [-0.3, -0.25) is 4.79 Å². The van der Waals surface area contributed by atoms with Crippen LogP contribution < -0.4 is 14.2 Å². The second-order valence-electron chi connectivity index (χ2n) is 7.78. The second-order valence-corrected chi connectivity index (χ2v) is 7.78. The van der Waals surface area contributed by atoms with E-state index in [2.05, 4.69) is 0 Å². The van der Waals surface area contributed by atoms with E-state index in [1.54, 1.807) is 12.1 Å². The first-order valence-corrected chi connectivity index (χ1v) is 9.99. The molecule has 4 rings (SSSR count). The van der Waals surface area contributed by atoms with Crippen molar-refractivity contribution in [2.24, 2.45) is 0 Å². The lowest BCUT2D eigenvalue weighted by Crippen LogP contribution is -2.58. The first-order valence-electron chi connectivity index (χ1n) is 9.99. The van der Waals surface area contributed by atoms with Gasteiger partial charge in [0.2, 0.25) is 6.29 Å². The van der Waals surface area contributed by atoms with E-state index in [1.165, 1.54) is 32.2 Å². The summed E-state index contributed by atoms with van der Waals surface area (Å²) in [7, 11) is 1.42. The van der Waals surface area contributed by atoms with E-state index in [4.69, 9.17) is 18.9 Å². The van der Waals surface area contributed by atoms with Crippen LogP contribution in [0.2, 0.25) is 0 Å². The SMILES string of the molecule is COc1ccc(C2CC(=O)c3c(cc(O)cc3O[C@@H]3OC(C)[C@H](O)[C@H](O)C3O)O2)cc1O. The van der Waals surface area contributed by atoms with E-state index in [0.29, 0.717) is 5.56 Å². The van der Waals surface area contributed by atoms with Gasteiger partial charge in [-0.15, -0.1) is 0 Å². The van der Waals surface area contributed by atoms with Gasteiger partial charge >= 0.3 is 0 Å². The Morgan fingerprint density at radius 2 is 1.75 bits per heavy atom. The monoisotopic (exact) mass is 448 g/mol. The van der Waals surface area contributed by atoms with Gasteiger partial charge in [-0.2, -0.15) is 0 Å². The number of benzene rings is 2. The largest absolute Gasteiger partial charge is 0.508 e. The minimum absolute atomic E-state index is 0.0425. The molecule has 2 aromatic rings. The van der Waals surface area contributed by atoms with Crippen LogP contribution in [0.25, 0.3) is 0 Å².